The van der Waals surface area contributed by atoms with Crippen LogP contribution in [0.5, 0.6) is 0 Å². The molecule has 0 aromatic carbocycles. The zero-order chi connectivity index (χ0) is 5.28. The first-order valence-corrected chi connectivity index (χ1v) is 2.42. The maximum atomic E-state index is 8.60. The molecule has 0 aromatic heterocycles. The molecule has 0 atom stereocenters. The Bertz CT molecular complexity index is 135. The second-order valence-electron chi connectivity index (χ2n) is 1.42. The van der Waals surface area contributed by atoms with E-state index < -0.39 is 0 Å². The molecule has 0 fully saturated rings. The highest BCUT2D eigenvalue weighted by Crippen LogP contribution is 2.17. The van der Waals surface area contributed by atoms with Gasteiger partial charge in [-0.3, -0.25) is 0 Å². The van der Waals surface area contributed by atoms with E-state index >= 15 is 0 Å². The van der Waals surface area contributed by atoms with Gasteiger partial charge in [-0.1, -0.05) is 11.6 Å². The van der Waals surface area contributed by atoms with Crippen LogP contribution in [0.1, 0.15) is 6.42 Å². The van der Waals surface area contributed by atoms with Crippen molar-refractivity contribution in [2.45, 2.75) is 6.42 Å². The van der Waals surface area contributed by atoms with Gasteiger partial charge in [-0.25, -0.2) is 0 Å². The summed E-state index contributed by atoms with van der Waals surface area (Å²) in [6.07, 6.45) is 3.90. The Labute approximate surface area is 46.9 Å². The molecular formula is C5H5ClO. The molecule has 0 aromatic rings. The lowest BCUT2D eigenvalue weighted by Crippen LogP contribution is -1.61. The van der Waals surface area contributed by atoms with Gasteiger partial charge in [0.1, 0.15) is 5.76 Å². The molecule has 0 aliphatic heterocycles. The maximum absolute atomic E-state index is 8.60. The summed E-state index contributed by atoms with van der Waals surface area (Å²) in [4.78, 5) is 0. The van der Waals surface area contributed by atoms with E-state index in [-0.39, 0.29) is 5.76 Å². The molecule has 0 amide bonds. The van der Waals surface area contributed by atoms with E-state index in [2.05, 4.69) is 0 Å². The number of halogens is 1. The Morgan fingerprint density at radius 1 is 1.71 bits per heavy atom. The number of hydrogen-bond donors (Lipinski definition) is 1. The Balaban J connectivity index is 2.69. The molecule has 0 bridgehead atoms. The topological polar surface area (TPSA) is 20.2 Å². The first kappa shape index (κ1) is 4.72. The minimum absolute atomic E-state index is 0.282. The van der Waals surface area contributed by atoms with Crippen molar-refractivity contribution in [3.05, 3.63) is 22.9 Å². The molecule has 1 N–H and O–H groups in total. The highest BCUT2D eigenvalue weighted by Gasteiger charge is 1.99. The fraction of sp³-hybridized carbons (Fsp3) is 0.200. The van der Waals surface area contributed by atoms with Gasteiger partial charge in [0.2, 0.25) is 0 Å². The van der Waals surface area contributed by atoms with Crippen molar-refractivity contribution in [3.8, 4) is 0 Å². The van der Waals surface area contributed by atoms with Gasteiger partial charge in [-0.05, 0) is 12.2 Å². The van der Waals surface area contributed by atoms with Gasteiger partial charge in [0, 0.05) is 11.5 Å². The summed E-state index contributed by atoms with van der Waals surface area (Å²) < 4.78 is 0. The molecule has 2 heteroatoms. The van der Waals surface area contributed by atoms with E-state index in [1.165, 1.54) is 0 Å². The van der Waals surface area contributed by atoms with Crippen LogP contribution < -0.4 is 0 Å². The molecule has 1 rings (SSSR count). The lowest BCUT2D eigenvalue weighted by Gasteiger charge is -1.76. The van der Waals surface area contributed by atoms with Crippen LogP contribution in [0.15, 0.2) is 22.9 Å². The number of aliphatic hydroxyl groups excluding tert-OH is 1. The highest BCUT2D eigenvalue weighted by atomic mass is 35.5. The van der Waals surface area contributed by atoms with Crippen molar-refractivity contribution in [3.63, 3.8) is 0 Å². The molecule has 0 saturated carbocycles. The third-order valence-corrected chi connectivity index (χ3v) is 1.07. The van der Waals surface area contributed by atoms with Gasteiger partial charge in [0.25, 0.3) is 0 Å². The Morgan fingerprint density at radius 2 is 2.43 bits per heavy atom. The standard InChI is InChI=1S/C5H5ClO/c6-4-1-2-5(7)3-4/h2-3,7H,1H2. The molecule has 0 spiro atoms. The van der Waals surface area contributed by atoms with Crippen LogP contribution in [-0.4, -0.2) is 5.11 Å². The van der Waals surface area contributed by atoms with Crippen LogP contribution in [0.3, 0.4) is 0 Å². The van der Waals surface area contributed by atoms with E-state index in [9.17, 15) is 0 Å². The normalized spacial score (nSPS) is 19.0. The minimum atomic E-state index is 0.282. The van der Waals surface area contributed by atoms with E-state index in [1.807, 2.05) is 0 Å². The summed E-state index contributed by atoms with van der Waals surface area (Å²) in [5.41, 5.74) is 0. The van der Waals surface area contributed by atoms with Crippen molar-refractivity contribution < 1.29 is 5.11 Å². The highest BCUT2D eigenvalue weighted by molar-refractivity contribution is 6.30. The molecule has 1 aliphatic carbocycles. The zero-order valence-corrected chi connectivity index (χ0v) is 4.44. The van der Waals surface area contributed by atoms with Crippen LogP contribution in [0.25, 0.3) is 0 Å². The van der Waals surface area contributed by atoms with Gasteiger partial charge in [0.15, 0.2) is 0 Å². The quantitative estimate of drug-likeness (QED) is 0.513. The van der Waals surface area contributed by atoms with Crippen molar-refractivity contribution in [1.29, 1.82) is 0 Å². The van der Waals surface area contributed by atoms with E-state index in [0.717, 1.165) is 0 Å². The third-order valence-electron chi connectivity index (χ3n) is 0.811. The smallest absolute Gasteiger partial charge is 0.113 e. The summed E-state index contributed by atoms with van der Waals surface area (Å²) >= 11 is 5.46. The van der Waals surface area contributed by atoms with Crippen molar-refractivity contribution in [2.75, 3.05) is 0 Å². The molecule has 0 unspecified atom stereocenters. The number of allylic oxidation sites excluding steroid dienone is 3. The Kier molecular flexibility index (Phi) is 1.07. The third kappa shape index (κ3) is 0.967. The average Bonchev–Trinajstić information content (AvgIpc) is 1.87. The predicted molar refractivity (Wildman–Crippen MR) is 29.3 cm³/mol. The molecular weight excluding hydrogens is 112 g/mol. The Hall–Kier alpha value is -0.430. The van der Waals surface area contributed by atoms with Crippen LogP contribution in [-0.2, 0) is 0 Å². The fourth-order valence-electron chi connectivity index (χ4n) is 0.480. The van der Waals surface area contributed by atoms with Crippen molar-refractivity contribution in [1.82, 2.24) is 0 Å². The molecule has 1 nitrogen and oxygen atoms in total. The average molecular weight is 117 g/mol. The lowest BCUT2D eigenvalue weighted by atomic mass is 10.5. The fourth-order valence-corrected chi connectivity index (χ4v) is 0.669. The SMILES string of the molecule is OC1=CCC(Cl)=C1. The van der Waals surface area contributed by atoms with Crippen molar-refractivity contribution in [2.24, 2.45) is 0 Å². The monoisotopic (exact) mass is 116 g/mol. The second kappa shape index (κ2) is 1.58. The number of aliphatic hydroxyl groups is 1. The van der Waals surface area contributed by atoms with Gasteiger partial charge in [-0.2, -0.15) is 0 Å². The Morgan fingerprint density at radius 3 is 2.57 bits per heavy atom. The van der Waals surface area contributed by atoms with Crippen LogP contribution in [0, 0.1) is 0 Å². The van der Waals surface area contributed by atoms with Gasteiger partial charge in [-0.15, -0.1) is 0 Å². The maximum Gasteiger partial charge on any atom is 0.113 e. The first-order chi connectivity index (χ1) is 3.29. The summed E-state index contributed by atoms with van der Waals surface area (Å²) in [6, 6.07) is 0. The summed E-state index contributed by atoms with van der Waals surface area (Å²) in [5, 5.41) is 9.31. The van der Waals surface area contributed by atoms with Crippen LogP contribution >= 0.6 is 11.6 Å². The molecule has 0 heterocycles. The van der Waals surface area contributed by atoms with Crippen LogP contribution in [0.2, 0.25) is 0 Å². The lowest BCUT2D eigenvalue weighted by molar-refractivity contribution is 0.433. The largest absolute Gasteiger partial charge is 0.508 e. The summed E-state index contributed by atoms with van der Waals surface area (Å²) in [6.45, 7) is 0. The van der Waals surface area contributed by atoms with Crippen LogP contribution in [0.4, 0.5) is 0 Å². The molecule has 7 heavy (non-hydrogen) atoms. The predicted octanol–water partition coefficient (Wildman–Crippen LogP) is 1.95. The molecule has 0 radical (unpaired) electrons. The molecule has 0 saturated heterocycles. The minimum Gasteiger partial charge on any atom is -0.508 e. The summed E-state index contributed by atoms with van der Waals surface area (Å²) in [5.74, 6) is 0.282. The summed E-state index contributed by atoms with van der Waals surface area (Å²) in [7, 11) is 0. The van der Waals surface area contributed by atoms with Gasteiger partial charge >= 0.3 is 0 Å². The first-order valence-electron chi connectivity index (χ1n) is 2.04. The van der Waals surface area contributed by atoms with E-state index in [0.29, 0.717) is 11.5 Å². The van der Waals surface area contributed by atoms with E-state index in [4.69, 9.17) is 16.7 Å². The van der Waals surface area contributed by atoms with Crippen molar-refractivity contribution >= 4 is 11.6 Å². The van der Waals surface area contributed by atoms with Gasteiger partial charge < -0.3 is 5.11 Å². The second-order valence-corrected chi connectivity index (χ2v) is 1.91. The molecule has 38 valence electrons. The molecule has 1 aliphatic rings. The van der Waals surface area contributed by atoms with E-state index in [1.54, 1.807) is 12.2 Å². The zero-order valence-electron chi connectivity index (χ0n) is 3.69. The number of hydrogen-bond acceptors (Lipinski definition) is 1. The number of rotatable bonds is 0. The van der Waals surface area contributed by atoms with Gasteiger partial charge in [0.05, 0.1) is 0 Å².